The number of carbonyl (C=O) groups is 2. The number of ether oxygens (including phenoxy) is 1. The Kier molecular flexibility index (Phi) is 7.28. The molecule has 26 heavy (non-hydrogen) atoms. The summed E-state index contributed by atoms with van der Waals surface area (Å²) in [5.74, 6) is 0.321. The predicted octanol–water partition coefficient (Wildman–Crippen LogP) is 1.13. The summed E-state index contributed by atoms with van der Waals surface area (Å²) < 4.78 is 30.9. The van der Waals surface area contributed by atoms with E-state index in [-0.39, 0.29) is 24.6 Å². The SMILES string of the molecule is CCOC(=O)N1CCC(N(CC(=O)N2CCCC(C)C2)S(C)(=O)=O)CC1. The quantitative estimate of drug-likeness (QED) is 0.703. The molecule has 1 unspecified atom stereocenters. The van der Waals surface area contributed by atoms with E-state index in [4.69, 9.17) is 4.74 Å². The number of amides is 2. The van der Waals surface area contributed by atoms with Gasteiger partial charge in [-0.3, -0.25) is 4.79 Å². The van der Waals surface area contributed by atoms with E-state index in [1.54, 1.807) is 16.7 Å². The minimum absolute atomic E-state index is 0.115. The predicted molar refractivity (Wildman–Crippen MR) is 98.1 cm³/mol. The summed E-state index contributed by atoms with van der Waals surface area (Å²) in [5.41, 5.74) is 0. The van der Waals surface area contributed by atoms with Gasteiger partial charge in [0.15, 0.2) is 0 Å². The van der Waals surface area contributed by atoms with Gasteiger partial charge in [-0.1, -0.05) is 6.92 Å². The van der Waals surface area contributed by atoms with Gasteiger partial charge in [-0.15, -0.1) is 0 Å². The second-order valence-electron chi connectivity index (χ2n) is 7.31. The average molecular weight is 390 g/mol. The maximum Gasteiger partial charge on any atom is 0.409 e. The fraction of sp³-hybridized carbons (Fsp3) is 0.882. The van der Waals surface area contributed by atoms with Crippen LogP contribution in [0.3, 0.4) is 0 Å². The highest BCUT2D eigenvalue weighted by Gasteiger charge is 2.34. The molecule has 0 spiro atoms. The zero-order valence-electron chi connectivity index (χ0n) is 16.0. The van der Waals surface area contributed by atoms with E-state index >= 15 is 0 Å². The second kappa shape index (κ2) is 9.03. The normalized spacial score (nSPS) is 22.5. The lowest BCUT2D eigenvalue weighted by molar-refractivity contribution is -0.133. The van der Waals surface area contributed by atoms with Gasteiger partial charge >= 0.3 is 6.09 Å². The second-order valence-corrected chi connectivity index (χ2v) is 9.25. The van der Waals surface area contributed by atoms with Crippen molar-refractivity contribution in [2.75, 3.05) is 45.6 Å². The lowest BCUT2D eigenvalue weighted by Crippen LogP contribution is -2.52. The van der Waals surface area contributed by atoms with Gasteiger partial charge in [0.1, 0.15) is 0 Å². The van der Waals surface area contributed by atoms with Crippen molar-refractivity contribution in [3.63, 3.8) is 0 Å². The fourth-order valence-electron chi connectivity index (χ4n) is 3.72. The number of sulfonamides is 1. The maximum atomic E-state index is 12.6. The van der Waals surface area contributed by atoms with Crippen LogP contribution in [0.4, 0.5) is 4.79 Å². The summed E-state index contributed by atoms with van der Waals surface area (Å²) in [6.45, 7) is 6.32. The first kappa shape index (κ1) is 21.0. The fourth-order valence-corrected chi connectivity index (χ4v) is 4.81. The summed E-state index contributed by atoms with van der Waals surface area (Å²) in [6.07, 6.45) is 3.87. The first-order chi connectivity index (χ1) is 12.2. The summed E-state index contributed by atoms with van der Waals surface area (Å²) in [4.78, 5) is 27.8. The first-order valence-electron chi connectivity index (χ1n) is 9.38. The van der Waals surface area contributed by atoms with Crippen LogP contribution >= 0.6 is 0 Å². The number of rotatable bonds is 5. The summed E-state index contributed by atoms with van der Waals surface area (Å²) in [6, 6.07) is -0.262. The molecule has 0 aromatic heterocycles. The minimum Gasteiger partial charge on any atom is -0.450 e. The summed E-state index contributed by atoms with van der Waals surface area (Å²) >= 11 is 0. The molecule has 0 radical (unpaired) electrons. The maximum absolute atomic E-state index is 12.6. The van der Waals surface area contributed by atoms with E-state index in [0.717, 1.165) is 19.1 Å². The first-order valence-corrected chi connectivity index (χ1v) is 11.2. The number of piperidine rings is 2. The van der Waals surface area contributed by atoms with Crippen molar-refractivity contribution in [2.45, 2.75) is 45.6 Å². The lowest BCUT2D eigenvalue weighted by Gasteiger charge is -2.38. The number of likely N-dealkylation sites (tertiary alicyclic amines) is 2. The molecule has 8 nitrogen and oxygen atoms in total. The van der Waals surface area contributed by atoms with Gasteiger partial charge in [0, 0.05) is 32.2 Å². The van der Waals surface area contributed by atoms with Gasteiger partial charge in [-0.05, 0) is 38.5 Å². The number of nitrogens with zero attached hydrogens (tertiary/aromatic N) is 3. The standard InChI is InChI=1S/C17H31N3O5S/c1-4-25-17(22)18-10-7-15(8-11-18)20(26(3,23)24)13-16(21)19-9-5-6-14(2)12-19/h14-15H,4-13H2,1-3H3. The Morgan fingerprint density at radius 3 is 2.31 bits per heavy atom. The van der Waals surface area contributed by atoms with E-state index in [1.165, 1.54) is 4.31 Å². The van der Waals surface area contributed by atoms with E-state index < -0.39 is 10.0 Å². The molecule has 0 bridgehead atoms. The molecule has 2 amide bonds. The van der Waals surface area contributed by atoms with Crippen LogP contribution in [0, 0.1) is 5.92 Å². The Hall–Kier alpha value is -1.35. The Bertz CT molecular complexity index is 602. The highest BCUT2D eigenvalue weighted by molar-refractivity contribution is 7.88. The number of hydrogen-bond acceptors (Lipinski definition) is 5. The van der Waals surface area contributed by atoms with Crippen LogP contribution in [0.2, 0.25) is 0 Å². The molecule has 1 atom stereocenters. The molecule has 150 valence electrons. The van der Waals surface area contributed by atoms with E-state index in [9.17, 15) is 18.0 Å². The highest BCUT2D eigenvalue weighted by atomic mass is 32.2. The molecule has 0 N–H and O–H groups in total. The Labute approximate surface area is 156 Å². The number of carbonyl (C=O) groups excluding carboxylic acids is 2. The Morgan fingerprint density at radius 2 is 1.77 bits per heavy atom. The molecule has 9 heteroatoms. The molecule has 0 aromatic rings. The smallest absolute Gasteiger partial charge is 0.409 e. The van der Waals surface area contributed by atoms with Crippen molar-refractivity contribution < 1.29 is 22.7 Å². The third-order valence-electron chi connectivity index (χ3n) is 5.12. The van der Waals surface area contributed by atoms with Crippen molar-refractivity contribution in [1.82, 2.24) is 14.1 Å². The molecular formula is C17H31N3O5S. The van der Waals surface area contributed by atoms with Gasteiger partial charge in [-0.25, -0.2) is 13.2 Å². The van der Waals surface area contributed by atoms with Crippen LogP contribution in [0.15, 0.2) is 0 Å². The third-order valence-corrected chi connectivity index (χ3v) is 6.40. The summed E-state index contributed by atoms with van der Waals surface area (Å²) in [7, 11) is -3.51. The molecule has 2 aliphatic heterocycles. The van der Waals surface area contributed by atoms with Crippen molar-refractivity contribution in [3.05, 3.63) is 0 Å². The van der Waals surface area contributed by atoms with Crippen LogP contribution in [0.5, 0.6) is 0 Å². The topological polar surface area (TPSA) is 87.2 Å². The molecule has 2 rings (SSSR count). The van der Waals surface area contributed by atoms with Crippen LogP contribution in [-0.2, 0) is 19.6 Å². The minimum atomic E-state index is -3.51. The molecule has 2 fully saturated rings. The lowest BCUT2D eigenvalue weighted by atomic mass is 10.0. The van der Waals surface area contributed by atoms with Gasteiger partial charge < -0.3 is 14.5 Å². The molecule has 0 aliphatic carbocycles. The highest BCUT2D eigenvalue weighted by Crippen LogP contribution is 2.21. The number of hydrogen-bond donors (Lipinski definition) is 0. The van der Waals surface area contributed by atoms with Crippen molar-refractivity contribution >= 4 is 22.0 Å². The largest absolute Gasteiger partial charge is 0.450 e. The van der Waals surface area contributed by atoms with E-state index in [1.807, 2.05) is 0 Å². The van der Waals surface area contributed by atoms with Gasteiger partial charge in [0.25, 0.3) is 0 Å². The molecule has 0 saturated carbocycles. The molecular weight excluding hydrogens is 358 g/mol. The Balaban J connectivity index is 1.98. The van der Waals surface area contributed by atoms with Crippen molar-refractivity contribution in [1.29, 1.82) is 0 Å². The molecule has 2 heterocycles. The van der Waals surface area contributed by atoms with Gasteiger partial charge in [-0.2, -0.15) is 4.31 Å². The Morgan fingerprint density at radius 1 is 1.12 bits per heavy atom. The van der Waals surface area contributed by atoms with E-state index in [2.05, 4.69) is 6.92 Å². The van der Waals surface area contributed by atoms with Crippen molar-refractivity contribution in [3.8, 4) is 0 Å². The van der Waals surface area contributed by atoms with Gasteiger partial charge in [0.05, 0.1) is 19.4 Å². The summed E-state index contributed by atoms with van der Waals surface area (Å²) in [5, 5.41) is 0. The zero-order valence-corrected chi connectivity index (χ0v) is 16.8. The molecule has 2 saturated heterocycles. The monoisotopic (exact) mass is 389 g/mol. The van der Waals surface area contributed by atoms with Crippen molar-refractivity contribution in [2.24, 2.45) is 5.92 Å². The molecule has 0 aromatic carbocycles. The van der Waals surface area contributed by atoms with Crippen LogP contribution in [0.1, 0.15) is 39.5 Å². The average Bonchev–Trinajstić information content (AvgIpc) is 2.59. The zero-order chi connectivity index (χ0) is 19.3. The molecule has 2 aliphatic rings. The van der Waals surface area contributed by atoms with Crippen LogP contribution in [0.25, 0.3) is 0 Å². The van der Waals surface area contributed by atoms with Crippen LogP contribution in [-0.4, -0.2) is 86.2 Å². The van der Waals surface area contributed by atoms with Gasteiger partial charge in [0.2, 0.25) is 15.9 Å². The third kappa shape index (κ3) is 5.57. The van der Waals surface area contributed by atoms with E-state index in [0.29, 0.717) is 51.5 Å². The van der Waals surface area contributed by atoms with Crippen LogP contribution < -0.4 is 0 Å².